The summed E-state index contributed by atoms with van der Waals surface area (Å²) in [7, 11) is 0. The molecular weight excluding hydrogens is 300 g/mol. The molecule has 2 N–H and O–H groups in total. The van der Waals surface area contributed by atoms with E-state index in [-0.39, 0.29) is 6.03 Å². The Kier molecular flexibility index (Phi) is 3.75. The largest absolute Gasteiger partial charge is 0.334 e. The molecular formula is C19H18N4O. The lowest BCUT2D eigenvalue weighted by atomic mass is 10.0. The Hall–Kier alpha value is -3.08. The van der Waals surface area contributed by atoms with Gasteiger partial charge in [-0.05, 0) is 35.2 Å². The Morgan fingerprint density at radius 2 is 2.04 bits per heavy atom. The maximum Gasteiger partial charge on any atom is 0.322 e. The normalized spacial score (nSPS) is 12.9. The van der Waals surface area contributed by atoms with Gasteiger partial charge < -0.3 is 5.32 Å². The second-order valence-corrected chi connectivity index (χ2v) is 5.88. The molecule has 0 unspecified atom stereocenters. The number of fused-ring (bicyclic) bond motifs is 1. The van der Waals surface area contributed by atoms with Crippen molar-refractivity contribution < 1.29 is 4.79 Å². The fourth-order valence-electron chi connectivity index (χ4n) is 3.07. The van der Waals surface area contributed by atoms with Gasteiger partial charge in [-0.2, -0.15) is 5.10 Å². The van der Waals surface area contributed by atoms with E-state index in [0.717, 1.165) is 28.8 Å². The summed E-state index contributed by atoms with van der Waals surface area (Å²) < 4.78 is 0. The van der Waals surface area contributed by atoms with Crippen LogP contribution in [0.1, 0.15) is 11.1 Å². The Morgan fingerprint density at radius 1 is 1.17 bits per heavy atom. The number of aromatic nitrogens is 2. The maximum atomic E-state index is 12.5. The summed E-state index contributed by atoms with van der Waals surface area (Å²) in [5.74, 6) is 0. The molecule has 1 aliphatic heterocycles. The molecule has 0 bridgehead atoms. The standard InChI is InChI=1S/C19H18N4O/c24-19(20-11-14-4-2-1-3-5-14)23-9-8-16-10-15(6-7-18(16)23)17-12-21-22-13-17/h1-7,10,12-13H,8-9,11H2,(H,20,24)(H,21,22). The van der Waals surface area contributed by atoms with Gasteiger partial charge in [0, 0.05) is 30.5 Å². The molecule has 2 aromatic carbocycles. The highest BCUT2D eigenvalue weighted by molar-refractivity contribution is 5.94. The molecule has 24 heavy (non-hydrogen) atoms. The Balaban J connectivity index is 1.48. The van der Waals surface area contributed by atoms with Crippen LogP contribution in [0.3, 0.4) is 0 Å². The van der Waals surface area contributed by atoms with Gasteiger partial charge >= 0.3 is 6.03 Å². The number of urea groups is 1. The molecule has 0 fully saturated rings. The first-order chi connectivity index (χ1) is 11.8. The number of nitrogens with zero attached hydrogens (tertiary/aromatic N) is 2. The summed E-state index contributed by atoms with van der Waals surface area (Å²) in [4.78, 5) is 14.3. The van der Waals surface area contributed by atoms with Gasteiger partial charge in [0.2, 0.25) is 0 Å². The highest BCUT2D eigenvalue weighted by atomic mass is 16.2. The van der Waals surface area contributed by atoms with Gasteiger partial charge in [-0.1, -0.05) is 36.4 Å². The number of H-pyrrole nitrogens is 1. The molecule has 0 atom stereocenters. The van der Waals surface area contributed by atoms with Crippen LogP contribution in [0.25, 0.3) is 11.1 Å². The molecule has 3 aromatic rings. The number of carbonyl (C=O) groups is 1. The van der Waals surface area contributed by atoms with Crippen molar-refractivity contribution in [1.82, 2.24) is 15.5 Å². The summed E-state index contributed by atoms with van der Waals surface area (Å²) >= 11 is 0. The number of aromatic amines is 1. The van der Waals surface area contributed by atoms with E-state index in [9.17, 15) is 4.79 Å². The first-order valence-electron chi connectivity index (χ1n) is 8.02. The second-order valence-electron chi connectivity index (χ2n) is 5.88. The predicted octanol–water partition coefficient (Wildman–Crippen LogP) is 3.35. The third-order valence-electron chi connectivity index (χ3n) is 4.34. The van der Waals surface area contributed by atoms with Crippen LogP contribution in [0.5, 0.6) is 0 Å². The summed E-state index contributed by atoms with van der Waals surface area (Å²) in [6.07, 6.45) is 4.56. The van der Waals surface area contributed by atoms with Crippen molar-refractivity contribution in [3.05, 3.63) is 72.1 Å². The first kappa shape index (κ1) is 14.5. The average Bonchev–Trinajstić information content (AvgIpc) is 3.29. The molecule has 2 heterocycles. The summed E-state index contributed by atoms with van der Waals surface area (Å²) in [5.41, 5.74) is 5.47. The van der Waals surface area contributed by atoms with Crippen molar-refractivity contribution in [2.24, 2.45) is 0 Å². The van der Waals surface area contributed by atoms with Crippen LogP contribution in [0, 0.1) is 0 Å². The minimum Gasteiger partial charge on any atom is -0.334 e. The van der Waals surface area contributed by atoms with Crippen LogP contribution < -0.4 is 10.2 Å². The predicted molar refractivity (Wildman–Crippen MR) is 93.8 cm³/mol. The van der Waals surface area contributed by atoms with E-state index in [1.807, 2.05) is 53.6 Å². The molecule has 1 aromatic heterocycles. The van der Waals surface area contributed by atoms with E-state index >= 15 is 0 Å². The molecule has 0 saturated carbocycles. The van der Waals surface area contributed by atoms with E-state index in [2.05, 4.69) is 21.6 Å². The Bertz CT molecular complexity index is 843. The van der Waals surface area contributed by atoms with Crippen LogP contribution in [0.15, 0.2) is 60.9 Å². The SMILES string of the molecule is O=C(NCc1ccccc1)N1CCc2cc(-c3cn[nH]c3)ccc21. The molecule has 5 heteroatoms. The molecule has 5 nitrogen and oxygen atoms in total. The number of rotatable bonds is 3. The Labute approximate surface area is 140 Å². The molecule has 120 valence electrons. The minimum absolute atomic E-state index is 0.0475. The third-order valence-corrected chi connectivity index (χ3v) is 4.34. The minimum atomic E-state index is -0.0475. The van der Waals surface area contributed by atoms with Crippen LogP contribution in [0.4, 0.5) is 10.5 Å². The smallest absolute Gasteiger partial charge is 0.322 e. The highest BCUT2D eigenvalue weighted by Crippen LogP contribution is 2.32. The lowest BCUT2D eigenvalue weighted by molar-refractivity contribution is 0.246. The van der Waals surface area contributed by atoms with Crippen molar-refractivity contribution >= 4 is 11.7 Å². The quantitative estimate of drug-likeness (QED) is 0.778. The van der Waals surface area contributed by atoms with Crippen LogP contribution in [0.2, 0.25) is 0 Å². The van der Waals surface area contributed by atoms with Crippen LogP contribution in [-0.2, 0) is 13.0 Å². The topological polar surface area (TPSA) is 61.0 Å². The number of amides is 2. The Morgan fingerprint density at radius 3 is 2.83 bits per heavy atom. The van der Waals surface area contributed by atoms with E-state index in [4.69, 9.17) is 0 Å². The number of benzene rings is 2. The van der Waals surface area contributed by atoms with E-state index < -0.39 is 0 Å². The zero-order chi connectivity index (χ0) is 16.4. The summed E-state index contributed by atoms with van der Waals surface area (Å²) in [5, 5.41) is 9.82. The van der Waals surface area contributed by atoms with Gasteiger partial charge in [0.25, 0.3) is 0 Å². The molecule has 0 aliphatic carbocycles. The summed E-state index contributed by atoms with van der Waals surface area (Å²) in [6.45, 7) is 1.25. The van der Waals surface area contributed by atoms with Gasteiger partial charge in [0.05, 0.1) is 6.20 Å². The average molecular weight is 318 g/mol. The molecule has 4 rings (SSSR count). The first-order valence-corrected chi connectivity index (χ1v) is 8.02. The van der Waals surface area contributed by atoms with Gasteiger partial charge in [-0.15, -0.1) is 0 Å². The monoisotopic (exact) mass is 318 g/mol. The molecule has 0 spiro atoms. The summed E-state index contributed by atoms with van der Waals surface area (Å²) in [6, 6.07) is 16.1. The lowest BCUT2D eigenvalue weighted by Gasteiger charge is -2.18. The van der Waals surface area contributed by atoms with Crippen molar-refractivity contribution in [3.8, 4) is 11.1 Å². The van der Waals surface area contributed by atoms with Crippen molar-refractivity contribution in [2.45, 2.75) is 13.0 Å². The molecule has 2 amide bonds. The van der Waals surface area contributed by atoms with E-state index in [0.29, 0.717) is 13.1 Å². The molecule has 0 saturated heterocycles. The zero-order valence-electron chi connectivity index (χ0n) is 13.2. The number of anilines is 1. The van der Waals surface area contributed by atoms with Crippen molar-refractivity contribution in [2.75, 3.05) is 11.4 Å². The third kappa shape index (κ3) is 2.76. The highest BCUT2D eigenvalue weighted by Gasteiger charge is 2.24. The second kappa shape index (κ2) is 6.20. The number of hydrogen-bond acceptors (Lipinski definition) is 2. The van der Waals surface area contributed by atoms with Gasteiger partial charge in [-0.25, -0.2) is 4.79 Å². The maximum absolute atomic E-state index is 12.5. The van der Waals surface area contributed by atoms with Gasteiger partial charge in [-0.3, -0.25) is 10.00 Å². The number of nitrogens with one attached hydrogen (secondary N) is 2. The zero-order valence-corrected chi connectivity index (χ0v) is 13.2. The number of carbonyl (C=O) groups excluding carboxylic acids is 1. The van der Waals surface area contributed by atoms with Gasteiger partial charge in [0.15, 0.2) is 0 Å². The van der Waals surface area contributed by atoms with E-state index in [1.54, 1.807) is 6.20 Å². The van der Waals surface area contributed by atoms with Crippen LogP contribution >= 0.6 is 0 Å². The van der Waals surface area contributed by atoms with E-state index in [1.165, 1.54) is 5.56 Å². The van der Waals surface area contributed by atoms with Gasteiger partial charge in [0.1, 0.15) is 0 Å². The van der Waals surface area contributed by atoms with Crippen LogP contribution in [-0.4, -0.2) is 22.8 Å². The lowest BCUT2D eigenvalue weighted by Crippen LogP contribution is -2.38. The number of hydrogen-bond donors (Lipinski definition) is 2. The van der Waals surface area contributed by atoms with Crippen molar-refractivity contribution in [1.29, 1.82) is 0 Å². The molecule has 0 radical (unpaired) electrons. The fourth-order valence-corrected chi connectivity index (χ4v) is 3.07. The van der Waals surface area contributed by atoms with Crippen molar-refractivity contribution in [3.63, 3.8) is 0 Å². The fraction of sp³-hybridized carbons (Fsp3) is 0.158. The molecule has 1 aliphatic rings.